The van der Waals surface area contributed by atoms with E-state index in [1.807, 2.05) is 12.1 Å². The molecule has 69 heavy (non-hydrogen) atoms. The summed E-state index contributed by atoms with van der Waals surface area (Å²) in [6, 6.07) is 75.7. The number of aromatic nitrogens is 3. The first-order valence-electron chi connectivity index (χ1n) is 25.4. The van der Waals surface area contributed by atoms with Crippen LogP contribution in [0.2, 0.25) is 0 Å². The van der Waals surface area contributed by atoms with Crippen LogP contribution in [0.4, 0.5) is 0 Å². The third-order valence-electron chi connectivity index (χ3n) is 15.4. The summed E-state index contributed by atoms with van der Waals surface area (Å²) in [5.41, 5.74) is 17.6. The molecule has 3 atom stereocenters. The minimum absolute atomic E-state index is 0.153. The van der Waals surface area contributed by atoms with E-state index in [4.69, 9.17) is 15.0 Å². The summed E-state index contributed by atoms with van der Waals surface area (Å²) in [4.78, 5) is 15.7. The van der Waals surface area contributed by atoms with E-state index in [0.29, 0.717) is 35.2 Å². The lowest BCUT2D eigenvalue weighted by molar-refractivity contribution is 0.418. The van der Waals surface area contributed by atoms with Crippen LogP contribution in [0.25, 0.3) is 67.5 Å². The molecule has 0 saturated heterocycles. The van der Waals surface area contributed by atoms with Crippen LogP contribution in [0.3, 0.4) is 0 Å². The molecular formula is C66H61N3. The number of hydrogen-bond donors (Lipinski definition) is 0. The Labute approximate surface area is 409 Å². The zero-order chi connectivity index (χ0) is 46.6. The summed E-state index contributed by atoms with van der Waals surface area (Å²) in [6.45, 7) is 4.78. The molecule has 8 aromatic carbocycles. The van der Waals surface area contributed by atoms with Crippen LogP contribution in [-0.4, -0.2) is 15.0 Å². The summed E-state index contributed by atoms with van der Waals surface area (Å²) < 4.78 is 0. The van der Waals surface area contributed by atoms with Crippen LogP contribution in [-0.2, 0) is 5.41 Å². The van der Waals surface area contributed by atoms with E-state index >= 15 is 0 Å². The van der Waals surface area contributed by atoms with Crippen molar-refractivity contribution in [1.82, 2.24) is 15.0 Å². The molecule has 1 saturated carbocycles. The van der Waals surface area contributed by atoms with Gasteiger partial charge in [0.05, 0.1) is 0 Å². The highest BCUT2D eigenvalue weighted by Crippen LogP contribution is 2.51. The van der Waals surface area contributed by atoms with Crippen LogP contribution in [0.5, 0.6) is 0 Å². The molecule has 11 rings (SSSR count). The number of hydrogen-bond acceptors (Lipinski definition) is 3. The van der Waals surface area contributed by atoms with Gasteiger partial charge in [-0.2, -0.15) is 0 Å². The maximum atomic E-state index is 5.30. The molecule has 2 aliphatic carbocycles. The van der Waals surface area contributed by atoms with Gasteiger partial charge in [0.2, 0.25) is 0 Å². The summed E-state index contributed by atoms with van der Waals surface area (Å²) >= 11 is 0. The molecule has 0 aliphatic heterocycles. The van der Waals surface area contributed by atoms with E-state index < -0.39 is 0 Å². The van der Waals surface area contributed by atoms with Gasteiger partial charge in [0.1, 0.15) is 0 Å². The molecule has 9 aromatic rings. The summed E-state index contributed by atoms with van der Waals surface area (Å²) in [6.07, 6.45) is 10.8. The molecule has 0 radical (unpaired) electrons. The Morgan fingerprint density at radius 1 is 0.304 bits per heavy atom. The van der Waals surface area contributed by atoms with E-state index in [2.05, 4.69) is 208 Å². The van der Waals surface area contributed by atoms with Gasteiger partial charge in [0.15, 0.2) is 17.5 Å². The van der Waals surface area contributed by atoms with Gasteiger partial charge in [0, 0.05) is 22.1 Å². The summed E-state index contributed by atoms with van der Waals surface area (Å²) in [5, 5.41) is 0. The molecule has 1 fully saturated rings. The van der Waals surface area contributed by atoms with Crippen molar-refractivity contribution in [2.45, 2.75) is 94.8 Å². The van der Waals surface area contributed by atoms with Crippen LogP contribution in [0.15, 0.2) is 206 Å². The third kappa shape index (κ3) is 9.48. The lowest BCUT2D eigenvalue weighted by Crippen LogP contribution is -2.15. The molecule has 2 aliphatic rings. The molecule has 1 aromatic heterocycles. The van der Waals surface area contributed by atoms with Crippen molar-refractivity contribution in [2.75, 3.05) is 0 Å². The number of rotatable bonds is 8. The molecular weight excluding hydrogens is 835 g/mol. The van der Waals surface area contributed by atoms with Crippen LogP contribution in [0.1, 0.15) is 117 Å². The first kappa shape index (κ1) is 44.3. The van der Waals surface area contributed by atoms with E-state index in [1.54, 1.807) is 0 Å². The molecule has 0 amide bonds. The maximum Gasteiger partial charge on any atom is 0.164 e. The summed E-state index contributed by atoms with van der Waals surface area (Å²) in [7, 11) is 0. The predicted molar refractivity (Wildman–Crippen MR) is 287 cm³/mol. The smallest absolute Gasteiger partial charge is 0.164 e. The topological polar surface area (TPSA) is 38.7 Å². The minimum Gasteiger partial charge on any atom is -0.208 e. The number of benzene rings is 8. The van der Waals surface area contributed by atoms with Crippen molar-refractivity contribution in [2.24, 2.45) is 0 Å². The van der Waals surface area contributed by atoms with Crippen molar-refractivity contribution in [1.29, 1.82) is 0 Å². The maximum absolute atomic E-state index is 5.30. The van der Waals surface area contributed by atoms with Crippen molar-refractivity contribution in [3.8, 4) is 67.5 Å². The van der Waals surface area contributed by atoms with Crippen LogP contribution >= 0.6 is 0 Å². The first-order valence-corrected chi connectivity index (χ1v) is 25.4. The standard InChI is InChI=1S/C66H61N3/c1-66(2)61-40-38-54(48-25-12-5-13-26-48)44-60(61)59-39-37-55(45-62(59)66)57-41-56(42-58(43-57)65-68-63(52-29-14-6-15-30-52)67-64(69-65)53-31-16-7-17-32-53)49-27-18-19-28-50(46-21-8-3-9-22-46)35-36-51(34-20-33-49)47-23-10-4-11-24-47/h3-17,21-26,29-32,37-45,49-51H,18-20,27-28,33-36H2,1-2H3. The Hall–Kier alpha value is -7.23. The van der Waals surface area contributed by atoms with Gasteiger partial charge in [-0.1, -0.05) is 215 Å². The molecule has 1 heterocycles. The zero-order valence-electron chi connectivity index (χ0n) is 40.1. The highest BCUT2D eigenvalue weighted by atomic mass is 15.0. The van der Waals surface area contributed by atoms with E-state index in [-0.39, 0.29) is 5.41 Å². The third-order valence-corrected chi connectivity index (χ3v) is 15.4. The zero-order valence-corrected chi connectivity index (χ0v) is 40.1. The van der Waals surface area contributed by atoms with Crippen molar-refractivity contribution >= 4 is 0 Å². The quantitative estimate of drug-likeness (QED) is 0.153. The second-order valence-corrected chi connectivity index (χ2v) is 20.1. The fourth-order valence-electron chi connectivity index (χ4n) is 11.5. The van der Waals surface area contributed by atoms with Crippen LogP contribution in [0, 0.1) is 0 Å². The largest absolute Gasteiger partial charge is 0.208 e. The first-order chi connectivity index (χ1) is 33.9. The van der Waals surface area contributed by atoms with Gasteiger partial charge in [-0.15, -0.1) is 0 Å². The molecule has 340 valence electrons. The monoisotopic (exact) mass is 895 g/mol. The molecule has 0 bridgehead atoms. The second kappa shape index (κ2) is 19.8. The van der Waals surface area contributed by atoms with Gasteiger partial charge in [-0.25, -0.2) is 15.0 Å². The van der Waals surface area contributed by atoms with Crippen molar-refractivity contribution in [3.63, 3.8) is 0 Å². The average molecular weight is 896 g/mol. The van der Waals surface area contributed by atoms with Gasteiger partial charge in [0.25, 0.3) is 0 Å². The van der Waals surface area contributed by atoms with Gasteiger partial charge >= 0.3 is 0 Å². The Balaban J connectivity index is 1.02. The van der Waals surface area contributed by atoms with E-state index in [0.717, 1.165) is 29.5 Å². The highest BCUT2D eigenvalue weighted by molar-refractivity contribution is 5.87. The van der Waals surface area contributed by atoms with Crippen molar-refractivity contribution in [3.05, 3.63) is 234 Å². The Kier molecular flexibility index (Phi) is 12.7. The molecule has 3 unspecified atom stereocenters. The second-order valence-electron chi connectivity index (χ2n) is 20.1. The van der Waals surface area contributed by atoms with E-state index in [1.165, 1.54) is 106 Å². The fourth-order valence-corrected chi connectivity index (χ4v) is 11.5. The summed E-state index contributed by atoms with van der Waals surface area (Å²) in [5.74, 6) is 3.59. The minimum atomic E-state index is -0.153. The highest BCUT2D eigenvalue weighted by Gasteiger charge is 2.36. The lowest BCUT2D eigenvalue weighted by atomic mass is 9.79. The fraction of sp³-hybridized carbons (Fsp3) is 0.227. The molecule has 3 nitrogen and oxygen atoms in total. The molecule has 0 spiro atoms. The van der Waals surface area contributed by atoms with Gasteiger partial charge in [-0.05, 0) is 142 Å². The van der Waals surface area contributed by atoms with Gasteiger partial charge < -0.3 is 0 Å². The molecule has 3 heteroatoms. The SMILES string of the molecule is CC1(C)c2ccc(-c3ccccc3)cc2-c2ccc(-c3cc(-c4nc(-c5ccccc5)nc(-c5ccccc5)n4)cc(C4CCCCC(c5ccccc5)CCC(c5ccccc5)CCC4)c3)cc21. The predicted octanol–water partition coefficient (Wildman–Crippen LogP) is 17.7. The molecule has 0 N–H and O–H groups in total. The Morgan fingerprint density at radius 3 is 1.29 bits per heavy atom. The van der Waals surface area contributed by atoms with E-state index in [9.17, 15) is 0 Å². The Morgan fingerprint density at radius 2 is 0.739 bits per heavy atom. The average Bonchev–Trinajstić information content (AvgIpc) is 3.64. The lowest BCUT2D eigenvalue weighted by Gasteiger charge is -2.26. The number of nitrogens with zero attached hydrogens (tertiary/aromatic N) is 3. The van der Waals surface area contributed by atoms with Crippen LogP contribution < -0.4 is 0 Å². The number of fused-ring (bicyclic) bond motifs is 3. The normalized spacial score (nSPS) is 18.0. The van der Waals surface area contributed by atoms with Crippen molar-refractivity contribution < 1.29 is 0 Å². The Bertz CT molecular complexity index is 3110. The van der Waals surface area contributed by atoms with Gasteiger partial charge in [-0.3, -0.25) is 0 Å².